The summed E-state index contributed by atoms with van der Waals surface area (Å²) in [4.78, 5) is 11.5. The first kappa shape index (κ1) is 20.6. The number of hydrogen-bond acceptors (Lipinski definition) is 2. The highest BCUT2D eigenvalue weighted by atomic mass is 19.4. The second kappa shape index (κ2) is 7.50. The van der Waals surface area contributed by atoms with Crippen LogP contribution in [0.25, 0.3) is 17.5 Å². The second-order valence-electron chi connectivity index (χ2n) is 5.90. The van der Waals surface area contributed by atoms with E-state index in [4.69, 9.17) is 4.74 Å². The molecule has 0 saturated carbocycles. The van der Waals surface area contributed by atoms with Crippen LogP contribution in [0, 0.1) is 0 Å². The van der Waals surface area contributed by atoms with E-state index in [9.17, 15) is 31.1 Å². The molecule has 0 spiro atoms. The Balaban J connectivity index is 2.49. The topological polar surface area (TPSA) is 31.2 Å². The number of ether oxygens (including phenoxy) is 1. The van der Waals surface area contributed by atoms with Crippen LogP contribution in [0.3, 0.4) is 0 Å². The summed E-state index contributed by atoms with van der Waals surface area (Å²) in [6.45, 7) is 3.27. The second-order valence-corrected chi connectivity index (χ2v) is 5.90. The fraction of sp³-hybridized carbons (Fsp3) is 0.278. The first-order chi connectivity index (χ1) is 12.4. The van der Waals surface area contributed by atoms with E-state index in [2.05, 4.69) is 0 Å². The molecule has 9 heteroatoms. The molecule has 0 aliphatic rings. The molecule has 0 bridgehead atoms. The summed E-state index contributed by atoms with van der Waals surface area (Å²) in [6, 6.07) is 4.09. The highest BCUT2D eigenvalue weighted by molar-refractivity contribution is 5.85. The van der Waals surface area contributed by atoms with Crippen molar-refractivity contribution in [2.45, 2.75) is 32.3 Å². The van der Waals surface area contributed by atoms with E-state index in [1.54, 1.807) is 13.8 Å². The van der Waals surface area contributed by atoms with Crippen molar-refractivity contribution in [2.24, 2.45) is 0 Å². The summed E-state index contributed by atoms with van der Waals surface area (Å²) in [7, 11) is 0. The lowest BCUT2D eigenvalue weighted by Gasteiger charge is -2.15. The van der Waals surface area contributed by atoms with E-state index in [1.807, 2.05) is 0 Å². The van der Waals surface area contributed by atoms with Gasteiger partial charge in [0.25, 0.3) is 0 Å². The molecule has 0 aliphatic heterocycles. The normalized spacial score (nSPS) is 12.8. The van der Waals surface area contributed by atoms with Gasteiger partial charge in [0, 0.05) is 18.5 Å². The molecule has 0 unspecified atom stereocenters. The molecule has 0 radical (unpaired) electrons. The lowest BCUT2D eigenvalue weighted by atomic mass is 10.0. The van der Waals surface area contributed by atoms with Gasteiger partial charge in [-0.25, -0.2) is 4.79 Å². The number of halogens is 6. The maximum absolute atomic E-state index is 13.0. The Labute approximate surface area is 150 Å². The molecule has 0 amide bonds. The van der Waals surface area contributed by atoms with Crippen LogP contribution in [0.2, 0.25) is 0 Å². The number of hydrogen-bond donors (Lipinski definition) is 0. The van der Waals surface area contributed by atoms with Crippen molar-refractivity contribution in [3.8, 4) is 11.3 Å². The molecular weight excluding hydrogens is 376 g/mol. The molecule has 27 heavy (non-hydrogen) atoms. The van der Waals surface area contributed by atoms with E-state index in [0.717, 1.165) is 6.08 Å². The van der Waals surface area contributed by atoms with E-state index < -0.39 is 29.4 Å². The fourth-order valence-electron chi connectivity index (χ4n) is 2.28. The van der Waals surface area contributed by atoms with Crippen LogP contribution in [0.15, 0.2) is 42.6 Å². The van der Waals surface area contributed by atoms with Gasteiger partial charge in [-0.1, -0.05) is 0 Å². The minimum atomic E-state index is -4.94. The zero-order valence-corrected chi connectivity index (χ0v) is 14.2. The fourth-order valence-corrected chi connectivity index (χ4v) is 2.28. The molecule has 0 fully saturated rings. The van der Waals surface area contributed by atoms with Gasteiger partial charge in [-0.3, -0.25) is 0 Å². The zero-order chi connectivity index (χ0) is 20.4. The molecule has 1 heterocycles. The van der Waals surface area contributed by atoms with Crippen LogP contribution >= 0.6 is 0 Å². The van der Waals surface area contributed by atoms with Crippen molar-refractivity contribution in [3.63, 3.8) is 0 Å². The number of carbonyl (C=O) groups excluding carboxylic acids is 1. The number of nitrogens with zero attached hydrogens (tertiary/aromatic N) is 1. The average molecular weight is 391 g/mol. The van der Waals surface area contributed by atoms with Gasteiger partial charge in [-0.15, -0.1) is 0 Å². The quantitative estimate of drug-likeness (QED) is 0.385. The van der Waals surface area contributed by atoms with Crippen molar-refractivity contribution in [1.82, 2.24) is 4.57 Å². The molecule has 2 aromatic rings. The van der Waals surface area contributed by atoms with Crippen molar-refractivity contribution in [3.05, 3.63) is 53.7 Å². The molecule has 0 N–H and O–H groups in total. The number of benzene rings is 1. The number of carbonyl (C=O) groups is 1. The lowest BCUT2D eigenvalue weighted by molar-refractivity contribution is -0.143. The Bertz CT molecular complexity index is 814. The Morgan fingerprint density at radius 2 is 1.59 bits per heavy atom. The number of esters is 1. The third-order valence-corrected chi connectivity index (χ3v) is 3.39. The molecule has 1 aromatic heterocycles. The Morgan fingerprint density at radius 3 is 2.07 bits per heavy atom. The van der Waals surface area contributed by atoms with Gasteiger partial charge in [0.1, 0.15) is 0 Å². The Hall–Kier alpha value is -2.71. The van der Waals surface area contributed by atoms with E-state index >= 15 is 0 Å². The van der Waals surface area contributed by atoms with Gasteiger partial charge in [-0.05, 0) is 49.7 Å². The van der Waals surface area contributed by atoms with E-state index in [1.165, 1.54) is 29.1 Å². The molecule has 0 aliphatic carbocycles. The van der Waals surface area contributed by atoms with Crippen molar-refractivity contribution >= 4 is 12.2 Å². The van der Waals surface area contributed by atoms with Crippen LogP contribution in [0.5, 0.6) is 0 Å². The average Bonchev–Trinajstić information content (AvgIpc) is 2.98. The first-order valence-electron chi connectivity index (χ1n) is 7.73. The molecule has 3 nitrogen and oxygen atoms in total. The molecule has 1 aromatic carbocycles. The Morgan fingerprint density at radius 1 is 1.04 bits per heavy atom. The van der Waals surface area contributed by atoms with Gasteiger partial charge in [0.05, 0.1) is 22.9 Å². The predicted octanol–water partition coefficient (Wildman–Crippen LogP) is 5.62. The smallest absolute Gasteiger partial charge is 0.416 e. The van der Waals surface area contributed by atoms with Gasteiger partial charge >= 0.3 is 18.3 Å². The largest absolute Gasteiger partial charge is 0.460 e. The monoisotopic (exact) mass is 391 g/mol. The van der Waals surface area contributed by atoms with E-state index in [-0.39, 0.29) is 23.4 Å². The standard InChI is InChI=1S/C18H15F6NO2/c1-11(2)27-16(26)5-7-25-6-3-4-15(25)12-8-13(17(19,20)21)10-14(9-12)18(22,23)24/h3-11H,1-2H3/b7-5-. The van der Waals surface area contributed by atoms with Gasteiger partial charge in [0.2, 0.25) is 0 Å². The molecular formula is C18H15F6NO2. The summed E-state index contributed by atoms with van der Waals surface area (Å²) in [5.74, 6) is -0.690. The summed E-state index contributed by atoms with van der Waals surface area (Å²) < 4.78 is 84.1. The maximum atomic E-state index is 13.0. The SMILES string of the molecule is CC(C)OC(=O)/C=C\n1cccc1-c1cc(C(F)(F)F)cc(C(F)(F)F)c1. The number of alkyl halides is 6. The summed E-state index contributed by atoms with van der Waals surface area (Å²) in [6.07, 6.45) is -6.63. The van der Waals surface area contributed by atoms with Crippen LogP contribution < -0.4 is 0 Å². The number of aromatic nitrogens is 1. The van der Waals surface area contributed by atoms with Gasteiger partial charge in [0.15, 0.2) is 0 Å². The molecule has 0 atom stereocenters. The number of rotatable bonds is 4. The highest BCUT2D eigenvalue weighted by Crippen LogP contribution is 2.38. The summed E-state index contributed by atoms with van der Waals surface area (Å²) in [5.41, 5.74) is -3.06. The van der Waals surface area contributed by atoms with Crippen LogP contribution in [0.4, 0.5) is 26.3 Å². The summed E-state index contributed by atoms with van der Waals surface area (Å²) in [5, 5.41) is 0. The van der Waals surface area contributed by atoms with Crippen molar-refractivity contribution in [2.75, 3.05) is 0 Å². The highest BCUT2D eigenvalue weighted by Gasteiger charge is 2.37. The maximum Gasteiger partial charge on any atom is 0.416 e. The minimum Gasteiger partial charge on any atom is -0.460 e. The predicted molar refractivity (Wildman–Crippen MR) is 86.4 cm³/mol. The third kappa shape index (κ3) is 5.38. The van der Waals surface area contributed by atoms with Gasteiger partial charge < -0.3 is 9.30 Å². The van der Waals surface area contributed by atoms with Crippen molar-refractivity contribution in [1.29, 1.82) is 0 Å². The minimum absolute atomic E-state index is 0.0557. The van der Waals surface area contributed by atoms with Crippen LogP contribution in [-0.4, -0.2) is 16.6 Å². The summed E-state index contributed by atoms with van der Waals surface area (Å²) >= 11 is 0. The zero-order valence-electron chi connectivity index (χ0n) is 14.2. The molecule has 146 valence electrons. The van der Waals surface area contributed by atoms with Crippen LogP contribution in [0.1, 0.15) is 25.0 Å². The molecule has 0 saturated heterocycles. The Kier molecular flexibility index (Phi) is 5.72. The molecule has 2 rings (SSSR count). The van der Waals surface area contributed by atoms with Crippen LogP contribution in [-0.2, 0) is 21.9 Å². The van der Waals surface area contributed by atoms with E-state index in [0.29, 0.717) is 12.1 Å². The first-order valence-corrected chi connectivity index (χ1v) is 7.73. The van der Waals surface area contributed by atoms with Crippen molar-refractivity contribution < 1.29 is 35.9 Å². The third-order valence-electron chi connectivity index (χ3n) is 3.39. The lowest BCUT2D eigenvalue weighted by Crippen LogP contribution is -2.11. The van der Waals surface area contributed by atoms with Gasteiger partial charge in [-0.2, -0.15) is 26.3 Å².